The van der Waals surface area contributed by atoms with E-state index in [4.69, 9.17) is 9.47 Å². The van der Waals surface area contributed by atoms with Crippen LogP contribution in [0.15, 0.2) is 54.0 Å². The first-order valence-corrected chi connectivity index (χ1v) is 10.6. The normalized spacial score (nSPS) is 26.2. The van der Waals surface area contributed by atoms with Crippen LogP contribution in [0.2, 0.25) is 0 Å². The minimum Gasteiger partial charge on any atom is -0.454 e. The lowest BCUT2D eigenvalue weighted by molar-refractivity contribution is -0.204. The van der Waals surface area contributed by atoms with Gasteiger partial charge in [0.05, 0.1) is 0 Å². The summed E-state index contributed by atoms with van der Waals surface area (Å²) in [6, 6.07) is 7.62. The molecule has 1 saturated heterocycles. The van der Waals surface area contributed by atoms with Gasteiger partial charge < -0.3 is 24.8 Å². The molecule has 0 saturated carbocycles. The molecule has 2 aliphatic rings. The second kappa shape index (κ2) is 8.49. The number of benzene rings is 1. The summed E-state index contributed by atoms with van der Waals surface area (Å²) in [6.45, 7) is 8.28. The summed E-state index contributed by atoms with van der Waals surface area (Å²) < 4.78 is 11.0. The number of amides is 2. The van der Waals surface area contributed by atoms with Crippen LogP contribution in [0.25, 0.3) is 0 Å². The molecule has 166 valence electrons. The van der Waals surface area contributed by atoms with E-state index in [1.807, 2.05) is 6.07 Å². The molecule has 4 atom stereocenters. The number of thioether (sulfide) groups is 1. The van der Waals surface area contributed by atoms with Gasteiger partial charge >= 0.3 is 5.97 Å². The number of fused-ring (bicyclic) bond motifs is 1. The molecular formula is C22H26N2O6S. The van der Waals surface area contributed by atoms with E-state index in [9.17, 15) is 19.5 Å². The predicted octanol–water partition coefficient (Wildman–Crippen LogP) is 1.87. The van der Waals surface area contributed by atoms with Crippen LogP contribution in [0.1, 0.15) is 32.4 Å². The van der Waals surface area contributed by atoms with Gasteiger partial charge in [-0.05, 0) is 30.9 Å². The molecular weight excluding hydrogens is 420 g/mol. The van der Waals surface area contributed by atoms with Crippen molar-refractivity contribution in [3.8, 4) is 0 Å². The summed E-state index contributed by atoms with van der Waals surface area (Å²) in [5, 5.41) is 14.5. The van der Waals surface area contributed by atoms with Crippen molar-refractivity contribution < 1.29 is 29.0 Å². The van der Waals surface area contributed by atoms with Gasteiger partial charge in [-0.15, -0.1) is 11.8 Å². The summed E-state index contributed by atoms with van der Waals surface area (Å²) in [6.07, 6.45) is 0.344. The van der Waals surface area contributed by atoms with Crippen molar-refractivity contribution in [2.45, 2.75) is 49.6 Å². The van der Waals surface area contributed by atoms with E-state index in [1.165, 1.54) is 36.8 Å². The Bertz CT molecular complexity index is 931. The lowest BCUT2D eigenvalue weighted by Gasteiger charge is -2.57. The quantitative estimate of drug-likeness (QED) is 0.285. The first-order chi connectivity index (χ1) is 14.6. The van der Waals surface area contributed by atoms with Crippen molar-refractivity contribution in [2.24, 2.45) is 0 Å². The maximum atomic E-state index is 13.2. The van der Waals surface area contributed by atoms with Crippen LogP contribution in [0.4, 0.5) is 0 Å². The van der Waals surface area contributed by atoms with E-state index in [0.29, 0.717) is 11.1 Å². The highest BCUT2D eigenvalue weighted by atomic mass is 32.2. The second-order valence-electron chi connectivity index (χ2n) is 7.88. The van der Waals surface area contributed by atoms with Crippen LogP contribution >= 0.6 is 11.8 Å². The second-order valence-corrected chi connectivity index (χ2v) is 8.84. The fourth-order valence-electron chi connectivity index (χ4n) is 3.58. The largest absolute Gasteiger partial charge is 0.454 e. The van der Waals surface area contributed by atoms with Gasteiger partial charge in [0.15, 0.2) is 6.04 Å². The first-order valence-electron chi connectivity index (χ1n) is 9.69. The molecule has 9 heteroatoms. The van der Waals surface area contributed by atoms with Crippen LogP contribution in [-0.2, 0) is 23.9 Å². The van der Waals surface area contributed by atoms with E-state index in [0.717, 1.165) is 0 Å². The summed E-state index contributed by atoms with van der Waals surface area (Å²) >= 11 is 1.18. The smallest absolute Gasteiger partial charge is 0.334 e. The number of nitrogens with zero attached hydrogens (tertiary/aromatic N) is 1. The van der Waals surface area contributed by atoms with Gasteiger partial charge in [-0.2, -0.15) is 0 Å². The molecule has 3 rings (SSSR count). The number of rotatable bonds is 7. The number of carbonyl (C=O) groups excluding carboxylic acids is 3. The Morgan fingerprint density at radius 2 is 2.00 bits per heavy atom. The molecule has 1 aromatic carbocycles. The fraction of sp³-hybridized carbons (Fsp3) is 0.409. The van der Waals surface area contributed by atoms with Crippen molar-refractivity contribution in [1.82, 2.24) is 10.2 Å². The highest BCUT2D eigenvalue weighted by Gasteiger charge is 2.68. The number of aliphatic hydroxyl groups excluding tert-OH is 1. The van der Waals surface area contributed by atoms with Gasteiger partial charge in [-0.25, -0.2) is 4.79 Å². The maximum Gasteiger partial charge on any atom is 0.334 e. The molecule has 2 N–H and O–H groups in total. The lowest BCUT2D eigenvalue weighted by atomic mass is 9.90. The average Bonchev–Trinajstić information content (AvgIpc) is 2.75. The van der Waals surface area contributed by atoms with Gasteiger partial charge in [-0.3, -0.25) is 9.59 Å². The van der Waals surface area contributed by atoms with Crippen LogP contribution < -0.4 is 5.32 Å². The topological polar surface area (TPSA) is 105 Å². The molecule has 31 heavy (non-hydrogen) atoms. The zero-order valence-electron chi connectivity index (χ0n) is 17.8. The number of esters is 1. The highest BCUT2D eigenvalue weighted by Crippen LogP contribution is 2.48. The summed E-state index contributed by atoms with van der Waals surface area (Å²) in [5.74, 6) is -1.74. The molecule has 1 fully saturated rings. The summed E-state index contributed by atoms with van der Waals surface area (Å²) in [7, 11) is 1.32. The van der Waals surface area contributed by atoms with Gasteiger partial charge in [0.25, 0.3) is 11.6 Å². The number of β-lactam (4-membered cyclic amide) rings is 1. The Hall–Kier alpha value is -2.62. The minimum atomic E-state index is -1.59. The third-order valence-electron chi connectivity index (χ3n) is 5.27. The summed E-state index contributed by atoms with van der Waals surface area (Å²) in [5.41, 5.74) is -1.70. The zero-order chi connectivity index (χ0) is 23.0. The van der Waals surface area contributed by atoms with E-state index in [-0.39, 0.29) is 0 Å². The maximum absolute atomic E-state index is 13.2. The number of ether oxygens (including phenoxy) is 2. The average molecular weight is 447 g/mol. The Morgan fingerprint density at radius 1 is 1.35 bits per heavy atom. The van der Waals surface area contributed by atoms with Crippen molar-refractivity contribution in [3.63, 3.8) is 0 Å². The van der Waals surface area contributed by atoms with Gasteiger partial charge in [0.2, 0.25) is 5.91 Å². The molecule has 2 heterocycles. The molecule has 0 spiro atoms. The van der Waals surface area contributed by atoms with Gasteiger partial charge in [0, 0.05) is 19.6 Å². The van der Waals surface area contributed by atoms with E-state index in [1.54, 1.807) is 43.5 Å². The molecule has 0 aromatic heterocycles. The fourth-order valence-corrected chi connectivity index (χ4v) is 4.92. The zero-order valence-corrected chi connectivity index (χ0v) is 18.6. The van der Waals surface area contributed by atoms with Crippen LogP contribution in [0.5, 0.6) is 0 Å². The molecule has 0 aliphatic carbocycles. The van der Waals surface area contributed by atoms with E-state index in [2.05, 4.69) is 11.9 Å². The Morgan fingerprint density at radius 3 is 2.55 bits per heavy atom. The highest BCUT2D eigenvalue weighted by molar-refractivity contribution is 8.03. The molecule has 3 unspecified atom stereocenters. The number of hydrogen-bond donors (Lipinski definition) is 2. The Balaban J connectivity index is 2.03. The van der Waals surface area contributed by atoms with Gasteiger partial charge in [0.1, 0.15) is 17.1 Å². The molecule has 8 nitrogen and oxygen atoms in total. The third kappa shape index (κ3) is 4.00. The number of nitrogens with one attached hydrogen (secondary N) is 1. The lowest BCUT2D eigenvalue weighted by Crippen LogP contribution is -2.83. The van der Waals surface area contributed by atoms with Gasteiger partial charge in [-0.1, -0.05) is 36.9 Å². The predicted molar refractivity (Wildman–Crippen MR) is 115 cm³/mol. The van der Waals surface area contributed by atoms with Crippen molar-refractivity contribution >= 4 is 29.5 Å². The Labute approximate surface area is 185 Å². The van der Waals surface area contributed by atoms with Crippen molar-refractivity contribution in [2.75, 3.05) is 7.11 Å². The number of carbonyl (C=O) groups is 3. The van der Waals surface area contributed by atoms with Crippen LogP contribution in [0, 0.1) is 0 Å². The number of methoxy groups -OCH3 is 1. The van der Waals surface area contributed by atoms with Crippen molar-refractivity contribution in [3.05, 3.63) is 59.5 Å². The molecule has 1 aromatic rings. The third-order valence-corrected chi connectivity index (χ3v) is 6.50. The molecule has 2 amide bonds. The molecule has 0 bridgehead atoms. The van der Waals surface area contributed by atoms with Crippen molar-refractivity contribution in [1.29, 1.82) is 0 Å². The summed E-state index contributed by atoms with van der Waals surface area (Å²) in [4.78, 5) is 39.4. The van der Waals surface area contributed by atoms with Crippen LogP contribution in [-0.4, -0.2) is 57.6 Å². The number of aliphatic hydroxyl groups is 1. The van der Waals surface area contributed by atoms with Crippen LogP contribution in [0.3, 0.4) is 0 Å². The number of hydrogen-bond acceptors (Lipinski definition) is 7. The first kappa shape index (κ1) is 23.1. The minimum absolute atomic E-state index is 0.304. The monoisotopic (exact) mass is 446 g/mol. The standard InChI is InChI=1S/C22H26N2O6S/c1-6-21(3,4)30-18(27)16-15(17(26)14-10-8-7-9-11-14)12-31-20-22(29-5,23-13(2)25)19(28)24(16)20/h6-12,16-17,20,26H,1H2,2-5H3,(H,23,25)/t16?,17?,20-,22?/m0/s1. The molecule has 0 radical (unpaired) electrons. The van der Waals surface area contributed by atoms with E-state index >= 15 is 0 Å². The molecule has 2 aliphatic heterocycles. The van der Waals surface area contributed by atoms with E-state index < -0.39 is 46.6 Å². The SMILES string of the molecule is C=CC(C)(C)OC(=O)C1C(C(O)c2ccccc2)=CS[C@@H]2N1C(=O)C2(NC(C)=O)OC. The Kier molecular flexibility index (Phi) is 6.31.